The molecular weight excluding hydrogens is 512 g/mol. The lowest BCUT2D eigenvalue weighted by Crippen LogP contribution is -2.52. The van der Waals surface area contributed by atoms with Gasteiger partial charge >= 0.3 is 0 Å². The molecule has 202 valence electrons. The van der Waals surface area contributed by atoms with Crippen LogP contribution in [0.2, 0.25) is 0 Å². The molecule has 0 spiro atoms. The van der Waals surface area contributed by atoms with Gasteiger partial charge < -0.3 is 10.2 Å². The van der Waals surface area contributed by atoms with Gasteiger partial charge in [0.2, 0.25) is 11.8 Å². The van der Waals surface area contributed by atoms with Crippen molar-refractivity contribution in [3.63, 3.8) is 0 Å². The summed E-state index contributed by atoms with van der Waals surface area (Å²) in [5, 5.41) is 2.74. The number of sulfonamides is 1. The zero-order valence-corrected chi connectivity index (χ0v) is 22.5. The third kappa shape index (κ3) is 6.95. The molecule has 0 radical (unpaired) electrons. The Morgan fingerprint density at radius 1 is 0.895 bits per heavy atom. The fourth-order valence-electron chi connectivity index (χ4n) is 3.78. The van der Waals surface area contributed by atoms with Crippen LogP contribution in [0, 0.1) is 18.6 Å². The molecular formula is C28H31F2N3O4S. The van der Waals surface area contributed by atoms with Crippen molar-refractivity contribution in [2.24, 2.45) is 0 Å². The van der Waals surface area contributed by atoms with Gasteiger partial charge in [-0.2, -0.15) is 0 Å². The number of hydrogen-bond donors (Lipinski definition) is 1. The first kappa shape index (κ1) is 28.8. The number of benzene rings is 3. The Morgan fingerprint density at radius 3 is 2.08 bits per heavy atom. The van der Waals surface area contributed by atoms with Gasteiger partial charge in [0.15, 0.2) is 0 Å². The second kappa shape index (κ2) is 12.2. The number of anilines is 1. The minimum absolute atomic E-state index is 0.0957. The molecule has 0 saturated carbocycles. The molecule has 3 aromatic rings. The monoisotopic (exact) mass is 543 g/mol. The Morgan fingerprint density at radius 2 is 1.50 bits per heavy atom. The maximum absolute atomic E-state index is 14.9. The molecule has 0 saturated heterocycles. The first-order valence-electron chi connectivity index (χ1n) is 12.1. The molecule has 0 aliphatic heterocycles. The molecule has 0 aliphatic carbocycles. The number of halogens is 2. The smallest absolute Gasteiger partial charge is 0.264 e. The highest BCUT2D eigenvalue weighted by Gasteiger charge is 2.33. The third-order valence-corrected chi connectivity index (χ3v) is 7.65. The summed E-state index contributed by atoms with van der Waals surface area (Å²) >= 11 is 0. The Balaban J connectivity index is 2.04. The number of para-hydroxylation sites is 1. The quantitative estimate of drug-likeness (QED) is 0.411. The van der Waals surface area contributed by atoms with Gasteiger partial charge in [-0.3, -0.25) is 13.9 Å². The molecule has 3 rings (SSSR count). The summed E-state index contributed by atoms with van der Waals surface area (Å²) < 4.78 is 56.4. The molecule has 7 nitrogen and oxygen atoms in total. The average Bonchev–Trinajstić information content (AvgIpc) is 2.86. The number of nitrogens with zero attached hydrogens (tertiary/aromatic N) is 2. The van der Waals surface area contributed by atoms with E-state index in [1.807, 2.05) is 0 Å². The van der Waals surface area contributed by atoms with Crippen molar-refractivity contribution >= 4 is 27.5 Å². The summed E-state index contributed by atoms with van der Waals surface area (Å²) in [7, 11) is -4.37. The zero-order chi connectivity index (χ0) is 28.0. The Bertz CT molecular complexity index is 1380. The van der Waals surface area contributed by atoms with Crippen LogP contribution in [-0.4, -0.2) is 43.8 Å². The molecule has 1 atom stereocenters. The summed E-state index contributed by atoms with van der Waals surface area (Å²) in [5.74, 6) is -2.48. The summed E-state index contributed by atoms with van der Waals surface area (Å²) in [6.07, 6.45) is 0. The van der Waals surface area contributed by atoms with Crippen molar-refractivity contribution in [1.82, 2.24) is 10.2 Å². The van der Waals surface area contributed by atoms with Crippen LogP contribution in [0.25, 0.3) is 0 Å². The predicted molar refractivity (Wildman–Crippen MR) is 142 cm³/mol. The van der Waals surface area contributed by atoms with E-state index in [1.54, 1.807) is 32.9 Å². The second-order valence-corrected chi connectivity index (χ2v) is 11.1. The average molecular weight is 544 g/mol. The minimum Gasteiger partial charge on any atom is -0.352 e. The maximum Gasteiger partial charge on any atom is 0.264 e. The molecule has 1 unspecified atom stereocenters. The van der Waals surface area contributed by atoms with Gasteiger partial charge in [-0.25, -0.2) is 17.2 Å². The molecule has 1 N–H and O–H groups in total. The molecule has 0 aliphatic rings. The molecule has 3 aromatic carbocycles. The molecule has 10 heteroatoms. The van der Waals surface area contributed by atoms with Crippen LogP contribution in [0.3, 0.4) is 0 Å². The fourth-order valence-corrected chi connectivity index (χ4v) is 5.20. The van der Waals surface area contributed by atoms with E-state index in [-0.39, 0.29) is 23.2 Å². The van der Waals surface area contributed by atoms with E-state index < -0.39 is 46.1 Å². The summed E-state index contributed by atoms with van der Waals surface area (Å²) in [6, 6.07) is 15.4. The second-order valence-electron chi connectivity index (χ2n) is 9.26. The number of amides is 2. The van der Waals surface area contributed by atoms with Crippen molar-refractivity contribution < 1.29 is 26.8 Å². The van der Waals surface area contributed by atoms with Gasteiger partial charge in [0.05, 0.1) is 10.6 Å². The number of carbonyl (C=O) groups excluding carboxylic acids is 2. The SMILES string of the molecule is Cc1ccc(S(=O)(=O)N(CC(=O)N(Cc2ccc(F)cc2)C(C)C(=O)NC(C)C)c2ccccc2F)cc1. The van der Waals surface area contributed by atoms with Crippen LogP contribution < -0.4 is 9.62 Å². The van der Waals surface area contributed by atoms with Crippen LogP contribution in [-0.2, 0) is 26.2 Å². The van der Waals surface area contributed by atoms with Gasteiger partial charge in [0, 0.05) is 12.6 Å². The highest BCUT2D eigenvalue weighted by atomic mass is 32.2. The van der Waals surface area contributed by atoms with E-state index in [0.29, 0.717) is 9.87 Å². The summed E-state index contributed by atoms with van der Waals surface area (Å²) in [4.78, 5) is 27.6. The van der Waals surface area contributed by atoms with E-state index in [4.69, 9.17) is 0 Å². The molecule has 38 heavy (non-hydrogen) atoms. The predicted octanol–water partition coefficient (Wildman–Crippen LogP) is 4.41. The van der Waals surface area contributed by atoms with Gasteiger partial charge in [-0.1, -0.05) is 42.0 Å². The van der Waals surface area contributed by atoms with Crippen molar-refractivity contribution in [3.8, 4) is 0 Å². The Kier molecular flexibility index (Phi) is 9.22. The number of rotatable bonds is 10. The third-order valence-electron chi connectivity index (χ3n) is 5.87. The first-order chi connectivity index (χ1) is 17.9. The van der Waals surface area contributed by atoms with E-state index in [9.17, 15) is 26.8 Å². The first-order valence-corrected chi connectivity index (χ1v) is 13.5. The topological polar surface area (TPSA) is 86.8 Å². The lowest BCUT2D eigenvalue weighted by molar-refractivity contribution is -0.139. The summed E-state index contributed by atoms with van der Waals surface area (Å²) in [5.41, 5.74) is 1.05. The maximum atomic E-state index is 14.9. The van der Waals surface area contributed by atoms with Crippen LogP contribution in [0.4, 0.5) is 14.5 Å². The largest absolute Gasteiger partial charge is 0.352 e. The number of carbonyl (C=O) groups is 2. The molecule has 0 bridgehead atoms. The molecule has 0 heterocycles. The Hall–Kier alpha value is -3.79. The Labute approximate surface area is 222 Å². The zero-order valence-electron chi connectivity index (χ0n) is 21.7. The number of hydrogen-bond acceptors (Lipinski definition) is 4. The van der Waals surface area contributed by atoms with Crippen LogP contribution in [0.5, 0.6) is 0 Å². The van der Waals surface area contributed by atoms with Crippen molar-refractivity contribution in [3.05, 3.63) is 95.6 Å². The number of nitrogens with one attached hydrogen (secondary N) is 1. The van der Waals surface area contributed by atoms with Gasteiger partial charge in [-0.05, 0) is 69.7 Å². The van der Waals surface area contributed by atoms with Crippen molar-refractivity contribution in [1.29, 1.82) is 0 Å². The highest BCUT2D eigenvalue weighted by molar-refractivity contribution is 7.92. The van der Waals surface area contributed by atoms with E-state index in [0.717, 1.165) is 11.6 Å². The fraction of sp³-hybridized carbons (Fsp3) is 0.286. The molecule has 0 aromatic heterocycles. The van der Waals surface area contributed by atoms with Crippen molar-refractivity contribution in [2.45, 2.75) is 51.2 Å². The van der Waals surface area contributed by atoms with Gasteiger partial charge in [0.1, 0.15) is 24.2 Å². The summed E-state index contributed by atoms with van der Waals surface area (Å²) in [6.45, 7) is 5.99. The van der Waals surface area contributed by atoms with E-state index >= 15 is 0 Å². The lowest BCUT2D eigenvalue weighted by atomic mass is 10.1. The molecule has 2 amide bonds. The van der Waals surface area contributed by atoms with Gasteiger partial charge in [0.25, 0.3) is 10.0 Å². The highest BCUT2D eigenvalue weighted by Crippen LogP contribution is 2.27. The van der Waals surface area contributed by atoms with Crippen LogP contribution in [0.15, 0.2) is 77.7 Å². The van der Waals surface area contributed by atoms with Crippen LogP contribution in [0.1, 0.15) is 31.9 Å². The van der Waals surface area contributed by atoms with E-state index in [1.165, 1.54) is 66.4 Å². The standard InChI is InChI=1S/C28H31F2N3O4S/c1-19(2)31-28(35)21(4)32(17-22-11-13-23(29)14-12-22)27(34)18-33(26-8-6-5-7-25(26)30)38(36,37)24-15-9-20(3)10-16-24/h5-16,19,21H,17-18H2,1-4H3,(H,31,35). The number of aryl methyl sites for hydroxylation is 1. The lowest BCUT2D eigenvalue weighted by Gasteiger charge is -2.32. The minimum atomic E-state index is -4.37. The van der Waals surface area contributed by atoms with Gasteiger partial charge in [-0.15, -0.1) is 0 Å². The normalized spacial score (nSPS) is 12.2. The van der Waals surface area contributed by atoms with Crippen LogP contribution >= 0.6 is 0 Å². The molecule has 0 fully saturated rings. The van der Waals surface area contributed by atoms with Crippen molar-refractivity contribution in [2.75, 3.05) is 10.8 Å². The van der Waals surface area contributed by atoms with E-state index in [2.05, 4.69) is 5.32 Å².